The normalized spacial score (nSPS) is 10.9. The fourth-order valence-corrected chi connectivity index (χ4v) is 4.97. The van der Waals surface area contributed by atoms with Crippen molar-refractivity contribution < 1.29 is 0 Å². The second-order valence-corrected chi connectivity index (χ2v) is 9.89. The standard InChI is InChI=1S/C37H29N/c1-26-9-6-15-33(21-26)36-24-35(25-37(38-36)34-16-7-10-27(2)22-34)30-19-17-29(18-20-30)32-14-8-13-31(23-32)28-11-4-3-5-12-28/h3-25H,1-2H3. The third-order valence-corrected chi connectivity index (χ3v) is 6.97. The number of rotatable bonds is 5. The van der Waals surface area contributed by atoms with Gasteiger partial charge in [-0.05, 0) is 77.6 Å². The number of hydrogen-bond donors (Lipinski definition) is 0. The van der Waals surface area contributed by atoms with Gasteiger partial charge in [0, 0.05) is 11.1 Å². The van der Waals surface area contributed by atoms with E-state index in [4.69, 9.17) is 4.98 Å². The number of hydrogen-bond acceptors (Lipinski definition) is 1. The SMILES string of the molecule is Cc1cccc(-c2cc(-c3ccc(-c4cccc(-c5ccccc5)c4)cc3)cc(-c3cccc(C)c3)n2)c1. The highest BCUT2D eigenvalue weighted by Gasteiger charge is 2.10. The minimum absolute atomic E-state index is 0.988. The maximum absolute atomic E-state index is 5.09. The average molecular weight is 488 g/mol. The highest BCUT2D eigenvalue weighted by atomic mass is 14.7. The number of aromatic nitrogens is 1. The van der Waals surface area contributed by atoms with E-state index in [1.807, 2.05) is 0 Å². The number of pyridine rings is 1. The van der Waals surface area contributed by atoms with Gasteiger partial charge in [-0.2, -0.15) is 0 Å². The summed E-state index contributed by atoms with van der Waals surface area (Å²) in [4.78, 5) is 5.09. The molecule has 0 amide bonds. The van der Waals surface area contributed by atoms with Crippen LogP contribution in [0.5, 0.6) is 0 Å². The van der Waals surface area contributed by atoms with Gasteiger partial charge in [0.15, 0.2) is 0 Å². The summed E-state index contributed by atoms with van der Waals surface area (Å²) in [5, 5.41) is 0. The van der Waals surface area contributed by atoms with Crippen molar-refractivity contribution in [1.82, 2.24) is 4.98 Å². The van der Waals surface area contributed by atoms with Gasteiger partial charge in [0.2, 0.25) is 0 Å². The Morgan fingerprint density at radius 3 is 1.26 bits per heavy atom. The molecular formula is C37H29N. The number of nitrogens with zero attached hydrogens (tertiary/aromatic N) is 1. The van der Waals surface area contributed by atoms with E-state index in [9.17, 15) is 0 Å². The van der Waals surface area contributed by atoms with Gasteiger partial charge >= 0.3 is 0 Å². The molecule has 0 unspecified atom stereocenters. The van der Waals surface area contributed by atoms with E-state index < -0.39 is 0 Å². The molecule has 0 spiro atoms. The van der Waals surface area contributed by atoms with E-state index in [0.717, 1.165) is 28.1 Å². The van der Waals surface area contributed by atoms with E-state index in [1.165, 1.54) is 38.9 Å². The van der Waals surface area contributed by atoms with Crippen molar-refractivity contribution in [2.75, 3.05) is 0 Å². The first-order valence-corrected chi connectivity index (χ1v) is 13.0. The predicted octanol–water partition coefficient (Wildman–Crippen LogP) is 10.0. The zero-order valence-corrected chi connectivity index (χ0v) is 21.7. The third-order valence-electron chi connectivity index (χ3n) is 6.97. The quantitative estimate of drug-likeness (QED) is 0.236. The molecule has 0 saturated heterocycles. The minimum Gasteiger partial charge on any atom is -0.248 e. The van der Waals surface area contributed by atoms with Crippen LogP contribution >= 0.6 is 0 Å². The molecule has 0 fully saturated rings. The summed E-state index contributed by atoms with van der Waals surface area (Å²) >= 11 is 0. The molecule has 0 N–H and O–H groups in total. The van der Waals surface area contributed by atoms with Crippen LogP contribution in [-0.4, -0.2) is 4.98 Å². The van der Waals surface area contributed by atoms with E-state index >= 15 is 0 Å². The maximum Gasteiger partial charge on any atom is 0.0715 e. The van der Waals surface area contributed by atoms with Crippen molar-refractivity contribution in [3.63, 3.8) is 0 Å². The van der Waals surface area contributed by atoms with Crippen LogP contribution in [0.15, 0.2) is 140 Å². The molecule has 0 aliphatic heterocycles. The third kappa shape index (κ3) is 5.05. The fourth-order valence-electron chi connectivity index (χ4n) is 4.97. The van der Waals surface area contributed by atoms with Gasteiger partial charge in [0.25, 0.3) is 0 Å². The lowest BCUT2D eigenvalue weighted by Crippen LogP contribution is -1.92. The second kappa shape index (κ2) is 10.3. The molecule has 0 bridgehead atoms. The maximum atomic E-state index is 5.09. The van der Waals surface area contributed by atoms with Gasteiger partial charge < -0.3 is 0 Å². The molecule has 0 aliphatic rings. The molecule has 6 aromatic rings. The van der Waals surface area contributed by atoms with Crippen LogP contribution in [0.25, 0.3) is 55.9 Å². The Balaban J connectivity index is 1.40. The molecule has 0 radical (unpaired) electrons. The summed E-state index contributed by atoms with van der Waals surface area (Å²) in [6, 6.07) is 49.7. The first-order valence-electron chi connectivity index (χ1n) is 13.0. The van der Waals surface area contributed by atoms with Gasteiger partial charge in [-0.25, -0.2) is 4.98 Å². The Morgan fingerprint density at radius 1 is 0.316 bits per heavy atom. The van der Waals surface area contributed by atoms with Crippen LogP contribution in [0, 0.1) is 13.8 Å². The highest BCUT2D eigenvalue weighted by molar-refractivity contribution is 5.79. The van der Waals surface area contributed by atoms with Crippen LogP contribution in [0.3, 0.4) is 0 Å². The van der Waals surface area contributed by atoms with Crippen LogP contribution in [0.1, 0.15) is 11.1 Å². The molecule has 38 heavy (non-hydrogen) atoms. The van der Waals surface area contributed by atoms with Crippen molar-refractivity contribution in [3.05, 3.63) is 151 Å². The van der Waals surface area contributed by atoms with Crippen molar-refractivity contribution in [2.24, 2.45) is 0 Å². The van der Waals surface area contributed by atoms with Crippen molar-refractivity contribution in [3.8, 4) is 55.9 Å². The molecule has 0 atom stereocenters. The second-order valence-electron chi connectivity index (χ2n) is 9.89. The first kappa shape index (κ1) is 23.6. The van der Waals surface area contributed by atoms with Crippen molar-refractivity contribution >= 4 is 0 Å². The lowest BCUT2D eigenvalue weighted by Gasteiger charge is -2.12. The van der Waals surface area contributed by atoms with E-state index in [2.05, 4.69) is 153 Å². The Bertz CT molecular complexity index is 1650. The average Bonchev–Trinajstić information content (AvgIpc) is 2.97. The monoisotopic (exact) mass is 487 g/mol. The zero-order chi connectivity index (χ0) is 25.9. The summed E-state index contributed by atoms with van der Waals surface area (Å²) in [6.07, 6.45) is 0. The van der Waals surface area contributed by atoms with Gasteiger partial charge in [-0.1, -0.05) is 120 Å². The molecule has 1 heteroatoms. The van der Waals surface area contributed by atoms with E-state index in [-0.39, 0.29) is 0 Å². The molecule has 1 nitrogen and oxygen atoms in total. The molecule has 6 rings (SSSR count). The fraction of sp³-hybridized carbons (Fsp3) is 0.0541. The zero-order valence-electron chi connectivity index (χ0n) is 21.7. The molecule has 1 aromatic heterocycles. The van der Waals surface area contributed by atoms with Crippen LogP contribution in [0.2, 0.25) is 0 Å². The molecule has 1 heterocycles. The summed E-state index contributed by atoms with van der Waals surface area (Å²) in [5.74, 6) is 0. The molecule has 0 saturated carbocycles. The number of aryl methyl sites for hydroxylation is 2. The summed E-state index contributed by atoms with van der Waals surface area (Å²) in [7, 11) is 0. The van der Waals surface area contributed by atoms with Crippen LogP contribution in [-0.2, 0) is 0 Å². The van der Waals surface area contributed by atoms with Crippen molar-refractivity contribution in [1.29, 1.82) is 0 Å². The smallest absolute Gasteiger partial charge is 0.0715 e. The Kier molecular flexibility index (Phi) is 6.42. The Labute approximate surface area is 225 Å². The number of benzene rings is 5. The van der Waals surface area contributed by atoms with Gasteiger partial charge in [0.1, 0.15) is 0 Å². The van der Waals surface area contributed by atoms with Gasteiger partial charge in [-0.15, -0.1) is 0 Å². The summed E-state index contributed by atoms with van der Waals surface area (Å²) in [6.45, 7) is 4.25. The van der Waals surface area contributed by atoms with E-state index in [1.54, 1.807) is 0 Å². The summed E-state index contributed by atoms with van der Waals surface area (Å²) in [5.41, 5.74) is 13.9. The predicted molar refractivity (Wildman–Crippen MR) is 161 cm³/mol. The highest BCUT2D eigenvalue weighted by Crippen LogP contribution is 2.33. The van der Waals surface area contributed by atoms with Gasteiger partial charge in [-0.3, -0.25) is 0 Å². The van der Waals surface area contributed by atoms with E-state index in [0.29, 0.717) is 0 Å². The molecule has 5 aromatic carbocycles. The van der Waals surface area contributed by atoms with Crippen molar-refractivity contribution in [2.45, 2.75) is 13.8 Å². The first-order chi connectivity index (χ1) is 18.6. The molecular weight excluding hydrogens is 458 g/mol. The Hall–Kier alpha value is -4.75. The minimum atomic E-state index is 0.988. The molecule has 182 valence electrons. The van der Waals surface area contributed by atoms with Crippen LogP contribution < -0.4 is 0 Å². The molecule has 0 aliphatic carbocycles. The Morgan fingerprint density at radius 2 is 0.737 bits per heavy atom. The largest absolute Gasteiger partial charge is 0.248 e. The summed E-state index contributed by atoms with van der Waals surface area (Å²) < 4.78 is 0. The lowest BCUT2D eigenvalue weighted by molar-refractivity contribution is 1.31. The topological polar surface area (TPSA) is 12.9 Å². The van der Waals surface area contributed by atoms with Gasteiger partial charge in [0.05, 0.1) is 11.4 Å². The van der Waals surface area contributed by atoms with Crippen LogP contribution in [0.4, 0.5) is 0 Å². The lowest BCUT2D eigenvalue weighted by atomic mass is 9.96.